The molecule has 1 fully saturated rings. The molecule has 2 aromatic carbocycles. The van der Waals surface area contributed by atoms with Crippen molar-refractivity contribution >= 4 is 35.0 Å². The standard InChI is InChI=1S/C28H36Cl2N2O3/c1-5-25(28(34)31-23-9-7-6-8-10-23)32(16-21-11-12-22(29)15-24(21)30)27(33)17-35-26-14-18(2)13-19(3)20(26)4/h11-15,23,25H,5-10,16-17H2,1-4H3,(H,31,34)/t25-/m1/s1. The molecule has 1 N–H and O–H groups in total. The van der Waals surface area contributed by atoms with Crippen LogP contribution in [0.5, 0.6) is 5.75 Å². The SMILES string of the molecule is CC[C@H](C(=O)NC1CCCCC1)N(Cc1ccc(Cl)cc1Cl)C(=O)COc1cc(C)cc(C)c1C. The average Bonchev–Trinajstić information content (AvgIpc) is 2.82. The number of nitrogens with zero attached hydrogens (tertiary/aromatic N) is 1. The third-order valence-electron chi connectivity index (χ3n) is 6.81. The third kappa shape index (κ3) is 7.37. The minimum absolute atomic E-state index is 0.125. The van der Waals surface area contributed by atoms with E-state index in [0.717, 1.165) is 47.9 Å². The van der Waals surface area contributed by atoms with Gasteiger partial charge in [0.15, 0.2) is 6.61 Å². The van der Waals surface area contributed by atoms with Crippen LogP contribution < -0.4 is 10.1 Å². The molecule has 7 heteroatoms. The predicted octanol–water partition coefficient (Wildman–Crippen LogP) is 6.55. The Hall–Kier alpha value is -2.24. The summed E-state index contributed by atoms with van der Waals surface area (Å²) < 4.78 is 5.98. The smallest absolute Gasteiger partial charge is 0.261 e. The quantitative estimate of drug-likeness (QED) is 0.409. The molecule has 0 bridgehead atoms. The second-order valence-electron chi connectivity index (χ2n) is 9.52. The van der Waals surface area contributed by atoms with Crippen LogP contribution in [0.2, 0.25) is 10.0 Å². The fourth-order valence-corrected chi connectivity index (χ4v) is 5.14. The number of aryl methyl sites for hydroxylation is 2. The van der Waals surface area contributed by atoms with Gasteiger partial charge in [0, 0.05) is 22.6 Å². The summed E-state index contributed by atoms with van der Waals surface area (Å²) in [6, 6.07) is 8.75. The van der Waals surface area contributed by atoms with Crippen molar-refractivity contribution in [3.63, 3.8) is 0 Å². The molecular formula is C28H36Cl2N2O3. The first-order valence-corrected chi connectivity index (χ1v) is 13.2. The molecule has 35 heavy (non-hydrogen) atoms. The number of nitrogens with one attached hydrogen (secondary N) is 1. The van der Waals surface area contributed by atoms with Crippen molar-refractivity contribution in [3.8, 4) is 5.75 Å². The Labute approximate surface area is 219 Å². The van der Waals surface area contributed by atoms with Crippen LogP contribution in [0.4, 0.5) is 0 Å². The van der Waals surface area contributed by atoms with Crippen LogP contribution in [0, 0.1) is 20.8 Å². The number of carbonyl (C=O) groups is 2. The molecule has 0 radical (unpaired) electrons. The van der Waals surface area contributed by atoms with E-state index < -0.39 is 6.04 Å². The molecule has 1 atom stereocenters. The first-order valence-electron chi connectivity index (χ1n) is 12.4. The number of amides is 2. The minimum Gasteiger partial charge on any atom is -0.483 e. The Balaban J connectivity index is 1.82. The molecule has 0 saturated heterocycles. The van der Waals surface area contributed by atoms with Crippen LogP contribution in [0.15, 0.2) is 30.3 Å². The van der Waals surface area contributed by atoms with Crippen LogP contribution in [-0.4, -0.2) is 35.4 Å². The van der Waals surface area contributed by atoms with Crippen molar-refractivity contribution in [2.24, 2.45) is 0 Å². The van der Waals surface area contributed by atoms with E-state index in [0.29, 0.717) is 22.2 Å². The fourth-order valence-electron chi connectivity index (χ4n) is 4.67. The molecule has 0 aromatic heterocycles. The summed E-state index contributed by atoms with van der Waals surface area (Å²) in [5, 5.41) is 4.17. The van der Waals surface area contributed by atoms with Crippen molar-refractivity contribution < 1.29 is 14.3 Å². The normalized spacial score (nSPS) is 14.9. The lowest BCUT2D eigenvalue weighted by molar-refractivity contribution is -0.143. The Bertz CT molecular complexity index is 1050. The lowest BCUT2D eigenvalue weighted by Crippen LogP contribution is -2.52. The summed E-state index contributed by atoms with van der Waals surface area (Å²) in [5.74, 6) is 0.292. The van der Waals surface area contributed by atoms with Gasteiger partial charge in [0.05, 0.1) is 0 Å². The Kier molecular flexibility index (Phi) is 9.88. The van der Waals surface area contributed by atoms with E-state index in [2.05, 4.69) is 11.4 Å². The second kappa shape index (κ2) is 12.6. The fraction of sp³-hybridized carbons (Fsp3) is 0.500. The molecule has 190 valence electrons. The molecule has 0 heterocycles. The van der Waals surface area contributed by atoms with Crippen molar-refractivity contribution in [2.75, 3.05) is 6.61 Å². The van der Waals surface area contributed by atoms with Gasteiger partial charge in [-0.3, -0.25) is 9.59 Å². The van der Waals surface area contributed by atoms with Gasteiger partial charge in [0.25, 0.3) is 5.91 Å². The van der Waals surface area contributed by atoms with Gasteiger partial charge in [-0.25, -0.2) is 0 Å². The maximum Gasteiger partial charge on any atom is 0.261 e. The van der Waals surface area contributed by atoms with Gasteiger partial charge in [-0.05, 0) is 80.5 Å². The number of halogens is 2. The molecule has 1 saturated carbocycles. The summed E-state index contributed by atoms with van der Waals surface area (Å²) in [6.45, 7) is 7.95. The number of carbonyl (C=O) groups excluding carboxylic acids is 2. The van der Waals surface area contributed by atoms with E-state index in [1.807, 2.05) is 33.8 Å². The minimum atomic E-state index is -0.625. The highest BCUT2D eigenvalue weighted by molar-refractivity contribution is 6.35. The molecule has 2 aromatic rings. The maximum absolute atomic E-state index is 13.5. The van der Waals surface area contributed by atoms with Crippen LogP contribution in [0.3, 0.4) is 0 Å². The number of hydrogen-bond donors (Lipinski definition) is 1. The summed E-state index contributed by atoms with van der Waals surface area (Å²) >= 11 is 12.5. The summed E-state index contributed by atoms with van der Waals surface area (Å²) in [5.41, 5.74) is 3.91. The predicted molar refractivity (Wildman–Crippen MR) is 142 cm³/mol. The molecule has 0 spiro atoms. The zero-order chi connectivity index (χ0) is 25.5. The maximum atomic E-state index is 13.5. The first-order chi connectivity index (χ1) is 16.7. The van der Waals surface area contributed by atoms with Gasteiger partial charge in [-0.15, -0.1) is 0 Å². The van der Waals surface area contributed by atoms with Gasteiger partial charge in [-0.2, -0.15) is 0 Å². The van der Waals surface area contributed by atoms with Gasteiger partial charge in [0.2, 0.25) is 5.91 Å². The van der Waals surface area contributed by atoms with E-state index in [4.69, 9.17) is 27.9 Å². The van der Waals surface area contributed by atoms with E-state index in [1.54, 1.807) is 23.1 Å². The molecule has 3 rings (SSSR count). The van der Waals surface area contributed by atoms with Crippen molar-refractivity contribution in [1.29, 1.82) is 0 Å². The van der Waals surface area contributed by atoms with Crippen LogP contribution in [0.25, 0.3) is 0 Å². The number of hydrogen-bond acceptors (Lipinski definition) is 3. The summed E-state index contributed by atoms with van der Waals surface area (Å²) in [4.78, 5) is 28.5. The molecule has 0 aliphatic heterocycles. The van der Waals surface area contributed by atoms with E-state index in [9.17, 15) is 9.59 Å². The summed E-state index contributed by atoms with van der Waals surface area (Å²) in [7, 11) is 0. The Morgan fingerprint density at radius 2 is 1.80 bits per heavy atom. The van der Waals surface area contributed by atoms with E-state index in [1.165, 1.54) is 6.42 Å². The highest BCUT2D eigenvalue weighted by atomic mass is 35.5. The van der Waals surface area contributed by atoms with E-state index in [-0.39, 0.29) is 31.0 Å². The van der Waals surface area contributed by atoms with Crippen LogP contribution in [-0.2, 0) is 16.1 Å². The van der Waals surface area contributed by atoms with Crippen LogP contribution in [0.1, 0.15) is 67.7 Å². The topological polar surface area (TPSA) is 58.6 Å². The Morgan fingerprint density at radius 3 is 2.46 bits per heavy atom. The number of ether oxygens (including phenoxy) is 1. The lowest BCUT2D eigenvalue weighted by Gasteiger charge is -2.33. The highest BCUT2D eigenvalue weighted by Gasteiger charge is 2.31. The zero-order valence-electron chi connectivity index (χ0n) is 21.1. The molecule has 1 aliphatic carbocycles. The first kappa shape index (κ1) is 27.3. The zero-order valence-corrected chi connectivity index (χ0v) is 22.6. The summed E-state index contributed by atoms with van der Waals surface area (Å²) in [6.07, 6.45) is 5.89. The third-order valence-corrected chi connectivity index (χ3v) is 7.40. The molecule has 5 nitrogen and oxygen atoms in total. The van der Waals surface area contributed by atoms with Gasteiger partial charge < -0.3 is 15.0 Å². The van der Waals surface area contributed by atoms with Crippen molar-refractivity contribution in [2.45, 2.75) is 84.8 Å². The van der Waals surface area contributed by atoms with Crippen LogP contribution >= 0.6 is 23.2 Å². The molecule has 0 unspecified atom stereocenters. The Morgan fingerprint density at radius 1 is 1.09 bits per heavy atom. The monoisotopic (exact) mass is 518 g/mol. The van der Waals surface area contributed by atoms with Crippen molar-refractivity contribution in [1.82, 2.24) is 10.2 Å². The second-order valence-corrected chi connectivity index (χ2v) is 10.4. The molecule has 1 aliphatic rings. The number of rotatable bonds is 9. The van der Waals surface area contributed by atoms with Gasteiger partial charge in [0.1, 0.15) is 11.8 Å². The molecular weight excluding hydrogens is 483 g/mol. The number of benzene rings is 2. The average molecular weight is 520 g/mol. The van der Waals surface area contributed by atoms with Gasteiger partial charge in [-0.1, -0.05) is 61.5 Å². The largest absolute Gasteiger partial charge is 0.483 e. The lowest BCUT2D eigenvalue weighted by atomic mass is 9.95. The highest BCUT2D eigenvalue weighted by Crippen LogP contribution is 2.26. The molecule has 2 amide bonds. The van der Waals surface area contributed by atoms with Crippen molar-refractivity contribution in [3.05, 3.63) is 62.6 Å². The van der Waals surface area contributed by atoms with E-state index >= 15 is 0 Å². The van der Waals surface area contributed by atoms with Gasteiger partial charge >= 0.3 is 0 Å².